The first-order valence-corrected chi connectivity index (χ1v) is 9.77. The average molecular weight is 389 g/mol. The molecule has 1 aliphatic rings. The number of hydrogen-bond acceptors (Lipinski definition) is 8. The smallest absolute Gasteiger partial charge is 0.287 e. The highest BCUT2D eigenvalue weighted by Crippen LogP contribution is 2.32. The molecule has 1 aliphatic heterocycles. The van der Waals surface area contributed by atoms with Gasteiger partial charge in [0.15, 0.2) is 11.0 Å². The van der Waals surface area contributed by atoms with Gasteiger partial charge in [0, 0.05) is 12.7 Å². The van der Waals surface area contributed by atoms with E-state index in [0.29, 0.717) is 16.7 Å². The minimum atomic E-state index is -0.462. The average Bonchev–Trinajstić information content (AvgIpc) is 3.39. The zero-order valence-corrected chi connectivity index (χ0v) is 15.3. The zero-order valence-electron chi connectivity index (χ0n) is 13.6. The van der Waals surface area contributed by atoms with Gasteiger partial charge < -0.3 is 4.74 Å². The third-order valence-corrected chi connectivity index (χ3v) is 5.80. The van der Waals surface area contributed by atoms with Gasteiger partial charge >= 0.3 is 0 Å². The van der Waals surface area contributed by atoms with Gasteiger partial charge in [-0.05, 0) is 42.1 Å². The van der Waals surface area contributed by atoms with E-state index in [1.165, 1.54) is 24.0 Å². The Morgan fingerprint density at radius 1 is 1.38 bits per heavy atom. The number of rotatable bonds is 6. The molecule has 1 unspecified atom stereocenters. The molecule has 3 aromatic rings. The third-order valence-electron chi connectivity index (χ3n) is 4.00. The number of pyridine rings is 1. The molecule has 4 rings (SSSR count). The van der Waals surface area contributed by atoms with Crippen LogP contribution in [0.2, 0.25) is 0 Å². The maximum absolute atomic E-state index is 10.8. The first kappa shape index (κ1) is 17.1. The molecule has 0 spiro atoms. The van der Waals surface area contributed by atoms with Crippen LogP contribution < -0.4 is 0 Å². The highest BCUT2D eigenvalue weighted by Gasteiger charge is 2.22. The highest BCUT2D eigenvalue weighted by molar-refractivity contribution is 7.99. The number of thiophene rings is 1. The van der Waals surface area contributed by atoms with Crippen LogP contribution in [0.25, 0.3) is 10.7 Å². The molecule has 134 valence electrons. The van der Waals surface area contributed by atoms with E-state index >= 15 is 0 Å². The van der Waals surface area contributed by atoms with Crippen LogP contribution in [0.3, 0.4) is 0 Å². The Bertz CT molecular complexity index is 889. The van der Waals surface area contributed by atoms with E-state index in [4.69, 9.17) is 4.74 Å². The zero-order chi connectivity index (χ0) is 17.9. The van der Waals surface area contributed by atoms with E-state index in [-0.39, 0.29) is 11.8 Å². The van der Waals surface area contributed by atoms with Crippen molar-refractivity contribution in [3.05, 3.63) is 46.0 Å². The third kappa shape index (κ3) is 3.62. The van der Waals surface area contributed by atoms with E-state index in [0.717, 1.165) is 30.2 Å². The van der Waals surface area contributed by atoms with Crippen molar-refractivity contribution >= 4 is 28.8 Å². The second kappa shape index (κ2) is 7.52. The second-order valence-electron chi connectivity index (χ2n) is 5.74. The molecule has 8 nitrogen and oxygen atoms in total. The van der Waals surface area contributed by atoms with E-state index in [1.54, 1.807) is 17.4 Å². The minimum absolute atomic E-state index is 0.0329. The Balaban J connectivity index is 1.63. The normalized spacial score (nSPS) is 16.8. The highest BCUT2D eigenvalue weighted by atomic mass is 32.2. The summed E-state index contributed by atoms with van der Waals surface area (Å²) in [5, 5.41) is 22.8. The Labute approximate surface area is 157 Å². The van der Waals surface area contributed by atoms with Gasteiger partial charge in [0.05, 0.1) is 22.4 Å². The molecule has 10 heteroatoms. The van der Waals surface area contributed by atoms with Crippen molar-refractivity contribution in [3.63, 3.8) is 0 Å². The molecule has 0 amide bonds. The number of aromatic nitrogens is 4. The summed E-state index contributed by atoms with van der Waals surface area (Å²) >= 11 is 2.95. The Kier molecular flexibility index (Phi) is 4.96. The largest absolute Gasteiger partial charge is 0.376 e. The molecular weight excluding hydrogens is 374 g/mol. The van der Waals surface area contributed by atoms with Gasteiger partial charge in [0.25, 0.3) is 5.69 Å². The van der Waals surface area contributed by atoms with Crippen LogP contribution in [0.15, 0.2) is 46.0 Å². The SMILES string of the molecule is O=[N+]([O-])c1ccc(Sc2nnc(-c3cccs3)n2CC2CCCO2)nc1. The molecule has 0 N–H and O–H groups in total. The maximum atomic E-state index is 10.8. The van der Waals surface area contributed by atoms with Gasteiger partial charge in [-0.2, -0.15) is 0 Å². The fourth-order valence-electron chi connectivity index (χ4n) is 2.74. The summed E-state index contributed by atoms with van der Waals surface area (Å²) in [6.45, 7) is 1.46. The van der Waals surface area contributed by atoms with E-state index in [9.17, 15) is 10.1 Å². The number of nitrogens with zero attached hydrogens (tertiary/aromatic N) is 5. The molecule has 0 saturated carbocycles. The standard InChI is InChI=1S/C16H15N5O3S2/c22-21(23)11-5-6-14(17-9-11)26-16-19-18-15(13-4-2-8-25-13)20(16)10-12-3-1-7-24-12/h2,4-6,8-9,12H,1,3,7,10H2. The molecule has 1 atom stereocenters. The molecule has 1 saturated heterocycles. The van der Waals surface area contributed by atoms with E-state index in [2.05, 4.69) is 19.7 Å². The molecule has 4 heterocycles. The predicted octanol–water partition coefficient (Wildman–Crippen LogP) is 3.64. The summed E-state index contributed by atoms with van der Waals surface area (Å²) < 4.78 is 7.82. The van der Waals surface area contributed by atoms with Crippen molar-refractivity contribution in [1.29, 1.82) is 0 Å². The lowest BCUT2D eigenvalue weighted by Gasteiger charge is -2.14. The summed E-state index contributed by atoms with van der Waals surface area (Å²) in [5.41, 5.74) is -0.0329. The summed E-state index contributed by atoms with van der Waals surface area (Å²) in [4.78, 5) is 15.5. The van der Waals surface area contributed by atoms with Crippen molar-refractivity contribution < 1.29 is 9.66 Å². The summed E-state index contributed by atoms with van der Waals surface area (Å²) in [6, 6.07) is 7.06. The van der Waals surface area contributed by atoms with Crippen molar-refractivity contribution in [3.8, 4) is 10.7 Å². The fourth-order valence-corrected chi connectivity index (χ4v) is 4.24. The number of ether oxygens (including phenoxy) is 1. The van der Waals surface area contributed by atoms with Gasteiger partial charge in [-0.1, -0.05) is 6.07 Å². The lowest BCUT2D eigenvalue weighted by atomic mass is 10.2. The van der Waals surface area contributed by atoms with Crippen LogP contribution in [-0.2, 0) is 11.3 Å². The Morgan fingerprint density at radius 3 is 2.96 bits per heavy atom. The lowest BCUT2D eigenvalue weighted by molar-refractivity contribution is -0.385. The maximum Gasteiger partial charge on any atom is 0.287 e. The topological polar surface area (TPSA) is 96.0 Å². The number of nitro groups is 1. The first-order chi connectivity index (χ1) is 12.7. The van der Waals surface area contributed by atoms with Gasteiger partial charge in [-0.25, -0.2) is 4.98 Å². The monoisotopic (exact) mass is 389 g/mol. The molecule has 0 bridgehead atoms. The summed E-state index contributed by atoms with van der Waals surface area (Å²) in [5.74, 6) is 0.805. The van der Waals surface area contributed by atoms with Crippen molar-refractivity contribution in [1.82, 2.24) is 19.7 Å². The molecule has 1 fully saturated rings. The van der Waals surface area contributed by atoms with Crippen LogP contribution in [0, 0.1) is 10.1 Å². The predicted molar refractivity (Wildman–Crippen MR) is 97.3 cm³/mol. The molecule has 0 aliphatic carbocycles. The molecule has 0 radical (unpaired) electrons. The van der Waals surface area contributed by atoms with E-state index in [1.807, 2.05) is 17.5 Å². The first-order valence-electron chi connectivity index (χ1n) is 8.07. The van der Waals surface area contributed by atoms with Crippen LogP contribution in [0.1, 0.15) is 12.8 Å². The van der Waals surface area contributed by atoms with Crippen molar-refractivity contribution in [2.75, 3.05) is 6.61 Å². The Hall–Kier alpha value is -2.30. The molecule has 0 aromatic carbocycles. The van der Waals surface area contributed by atoms with Crippen LogP contribution >= 0.6 is 23.1 Å². The van der Waals surface area contributed by atoms with Gasteiger partial charge in [0.2, 0.25) is 0 Å². The van der Waals surface area contributed by atoms with Gasteiger partial charge in [-0.3, -0.25) is 14.7 Å². The van der Waals surface area contributed by atoms with Crippen molar-refractivity contribution in [2.45, 2.75) is 35.7 Å². The lowest BCUT2D eigenvalue weighted by Crippen LogP contribution is -2.16. The van der Waals surface area contributed by atoms with Crippen LogP contribution in [0.5, 0.6) is 0 Å². The molecule has 3 aromatic heterocycles. The molecule has 26 heavy (non-hydrogen) atoms. The Morgan fingerprint density at radius 2 is 2.31 bits per heavy atom. The van der Waals surface area contributed by atoms with Crippen LogP contribution in [0.4, 0.5) is 5.69 Å². The summed E-state index contributed by atoms with van der Waals surface area (Å²) in [6.07, 6.45) is 3.48. The van der Waals surface area contributed by atoms with Crippen molar-refractivity contribution in [2.24, 2.45) is 0 Å². The van der Waals surface area contributed by atoms with Gasteiger partial charge in [-0.15, -0.1) is 21.5 Å². The fraction of sp³-hybridized carbons (Fsp3) is 0.312. The van der Waals surface area contributed by atoms with Gasteiger partial charge in [0.1, 0.15) is 11.2 Å². The number of hydrogen-bond donors (Lipinski definition) is 0. The summed E-state index contributed by atoms with van der Waals surface area (Å²) in [7, 11) is 0. The second-order valence-corrected chi connectivity index (χ2v) is 7.68. The van der Waals surface area contributed by atoms with E-state index < -0.39 is 4.92 Å². The minimum Gasteiger partial charge on any atom is -0.376 e. The quantitative estimate of drug-likeness (QED) is 0.469. The van der Waals surface area contributed by atoms with Crippen LogP contribution in [-0.4, -0.2) is 37.4 Å². The molecular formula is C16H15N5O3S2.